The van der Waals surface area contributed by atoms with Crippen molar-refractivity contribution in [2.75, 3.05) is 44.9 Å². The average Bonchev–Trinajstić information content (AvgIpc) is 2.90. The van der Waals surface area contributed by atoms with Crippen LogP contribution in [0.4, 0.5) is 5.95 Å². The molecular weight excluding hydrogens is 500 g/mol. The Bertz CT molecular complexity index is 633. The molecule has 9 nitrogen and oxygen atoms in total. The highest BCUT2D eigenvalue weighted by molar-refractivity contribution is 6.60. The minimum absolute atomic E-state index is 0.315. The van der Waals surface area contributed by atoms with Crippen molar-refractivity contribution < 1.29 is 22.8 Å². The highest BCUT2D eigenvalue weighted by Crippen LogP contribution is 2.19. The Balaban J connectivity index is 2.65. The van der Waals surface area contributed by atoms with Gasteiger partial charge in [-0.05, 0) is 40.0 Å². The Kier molecular flexibility index (Phi) is 21.3. The number of rotatable bonds is 27. The standard InChI is InChI=1S/C28H56N4O5Si/c1-6-11-13-15-17-19-23-33-27-30-26(31-28(32-27)34-24-20-18-16-14-12-7-2)29-22-21-25-38(35-8-3,36-9-4)37-10-5/h6-25H2,1-5H3,(H,29,30,31,32). The molecule has 10 heteroatoms. The summed E-state index contributed by atoms with van der Waals surface area (Å²) in [7, 11) is -2.67. The highest BCUT2D eigenvalue weighted by Gasteiger charge is 2.39. The van der Waals surface area contributed by atoms with Gasteiger partial charge in [0, 0.05) is 32.4 Å². The molecular formula is C28H56N4O5Si. The van der Waals surface area contributed by atoms with Gasteiger partial charge in [0.15, 0.2) is 0 Å². The molecule has 0 unspecified atom stereocenters. The molecule has 0 aromatic carbocycles. The predicted octanol–water partition coefficient (Wildman–Crippen LogP) is 7.20. The van der Waals surface area contributed by atoms with Gasteiger partial charge in [-0.25, -0.2) is 0 Å². The molecule has 1 aromatic rings. The van der Waals surface area contributed by atoms with Crippen LogP contribution in [0.3, 0.4) is 0 Å². The molecule has 0 aliphatic heterocycles. The maximum atomic E-state index is 5.96. The first-order valence-corrected chi connectivity index (χ1v) is 17.2. The van der Waals surface area contributed by atoms with Crippen molar-refractivity contribution >= 4 is 14.8 Å². The summed E-state index contributed by atoms with van der Waals surface area (Å²) < 4.78 is 29.6. The lowest BCUT2D eigenvalue weighted by Crippen LogP contribution is -2.46. The molecule has 0 radical (unpaired) electrons. The first-order valence-electron chi connectivity index (χ1n) is 15.3. The van der Waals surface area contributed by atoms with Crippen molar-refractivity contribution in [2.24, 2.45) is 0 Å². The lowest BCUT2D eigenvalue weighted by atomic mass is 10.1. The minimum Gasteiger partial charge on any atom is -0.463 e. The van der Waals surface area contributed by atoms with Gasteiger partial charge in [-0.1, -0.05) is 78.1 Å². The molecule has 0 amide bonds. The van der Waals surface area contributed by atoms with Gasteiger partial charge in [0.2, 0.25) is 5.95 Å². The molecule has 1 N–H and O–H groups in total. The molecule has 0 atom stereocenters. The van der Waals surface area contributed by atoms with Crippen molar-refractivity contribution in [3.05, 3.63) is 0 Å². The molecule has 0 saturated carbocycles. The fourth-order valence-electron chi connectivity index (χ4n) is 4.14. The number of nitrogens with zero attached hydrogens (tertiary/aromatic N) is 3. The third kappa shape index (κ3) is 16.5. The molecule has 0 aliphatic rings. The molecule has 0 bridgehead atoms. The summed E-state index contributed by atoms with van der Waals surface area (Å²) in [6.07, 6.45) is 15.3. The molecule has 0 fully saturated rings. The van der Waals surface area contributed by atoms with Crippen LogP contribution < -0.4 is 14.8 Å². The van der Waals surface area contributed by atoms with E-state index < -0.39 is 8.80 Å². The van der Waals surface area contributed by atoms with Gasteiger partial charge in [-0.3, -0.25) is 0 Å². The Morgan fingerprint density at radius 1 is 0.553 bits per heavy atom. The van der Waals surface area contributed by atoms with Crippen LogP contribution in [0.2, 0.25) is 6.04 Å². The van der Waals surface area contributed by atoms with Crippen LogP contribution in [0, 0.1) is 0 Å². The topological polar surface area (TPSA) is 96.9 Å². The van der Waals surface area contributed by atoms with Gasteiger partial charge >= 0.3 is 20.8 Å². The van der Waals surface area contributed by atoms with E-state index in [4.69, 9.17) is 22.8 Å². The van der Waals surface area contributed by atoms with Crippen molar-refractivity contribution in [3.63, 3.8) is 0 Å². The van der Waals surface area contributed by atoms with Gasteiger partial charge in [0.1, 0.15) is 0 Å². The van der Waals surface area contributed by atoms with E-state index in [0.717, 1.165) is 38.1 Å². The smallest absolute Gasteiger partial charge is 0.463 e. The second-order valence-electron chi connectivity index (χ2n) is 9.47. The van der Waals surface area contributed by atoms with E-state index in [2.05, 4.69) is 34.1 Å². The zero-order chi connectivity index (χ0) is 27.7. The zero-order valence-corrected chi connectivity index (χ0v) is 26.0. The maximum Gasteiger partial charge on any atom is 0.500 e. The molecule has 38 heavy (non-hydrogen) atoms. The molecule has 1 aromatic heterocycles. The largest absolute Gasteiger partial charge is 0.500 e. The van der Waals surface area contributed by atoms with Gasteiger partial charge < -0.3 is 28.1 Å². The fourth-order valence-corrected chi connectivity index (χ4v) is 6.76. The predicted molar refractivity (Wildman–Crippen MR) is 156 cm³/mol. The quantitative estimate of drug-likeness (QED) is 0.0891. The van der Waals surface area contributed by atoms with Crippen LogP contribution in [0.15, 0.2) is 0 Å². The Labute approximate surface area is 233 Å². The number of aromatic nitrogens is 3. The SMILES string of the molecule is CCCCCCCCOc1nc(NCCC[Si](OCC)(OCC)OCC)nc(OCCCCCCCC)n1. The molecule has 0 saturated heterocycles. The van der Waals surface area contributed by atoms with Crippen LogP contribution in [0.25, 0.3) is 0 Å². The fraction of sp³-hybridized carbons (Fsp3) is 0.893. The second-order valence-corrected chi connectivity index (χ2v) is 12.2. The summed E-state index contributed by atoms with van der Waals surface area (Å²) in [5, 5.41) is 3.31. The normalized spacial score (nSPS) is 11.6. The summed E-state index contributed by atoms with van der Waals surface area (Å²) >= 11 is 0. The van der Waals surface area contributed by atoms with Crippen molar-refractivity contribution in [1.82, 2.24) is 15.0 Å². The lowest BCUT2D eigenvalue weighted by Gasteiger charge is -2.28. The third-order valence-electron chi connectivity index (χ3n) is 6.09. The van der Waals surface area contributed by atoms with Gasteiger partial charge in [0.25, 0.3) is 0 Å². The molecule has 0 aliphatic carbocycles. The van der Waals surface area contributed by atoms with E-state index in [-0.39, 0.29) is 0 Å². The van der Waals surface area contributed by atoms with E-state index in [9.17, 15) is 0 Å². The number of hydrogen-bond donors (Lipinski definition) is 1. The van der Waals surface area contributed by atoms with Crippen LogP contribution in [0.5, 0.6) is 12.0 Å². The van der Waals surface area contributed by atoms with Crippen molar-refractivity contribution in [3.8, 4) is 12.0 Å². The van der Waals surface area contributed by atoms with Gasteiger partial charge in [-0.2, -0.15) is 9.97 Å². The third-order valence-corrected chi connectivity index (χ3v) is 9.24. The van der Waals surface area contributed by atoms with Crippen LogP contribution in [-0.2, 0) is 13.3 Å². The number of anilines is 1. The van der Waals surface area contributed by atoms with Crippen molar-refractivity contribution in [1.29, 1.82) is 0 Å². The summed E-state index contributed by atoms with van der Waals surface area (Å²) in [4.78, 5) is 13.4. The first-order chi connectivity index (χ1) is 18.6. The van der Waals surface area contributed by atoms with Crippen LogP contribution in [-0.4, -0.2) is 63.3 Å². The Morgan fingerprint density at radius 2 is 1.00 bits per heavy atom. The highest BCUT2D eigenvalue weighted by atomic mass is 28.4. The van der Waals surface area contributed by atoms with Gasteiger partial charge in [0.05, 0.1) is 13.2 Å². The molecule has 0 spiro atoms. The number of unbranched alkanes of at least 4 members (excludes halogenated alkanes) is 10. The Hall–Kier alpha value is -1.49. The summed E-state index contributed by atoms with van der Waals surface area (Å²) in [5.41, 5.74) is 0. The lowest BCUT2D eigenvalue weighted by molar-refractivity contribution is 0.0710. The van der Waals surface area contributed by atoms with Crippen LogP contribution >= 0.6 is 0 Å². The minimum atomic E-state index is -2.67. The van der Waals surface area contributed by atoms with Crippen molar-refractivity contribution in [2.45, 2.75) is 124 Å². The monoisotopic (exact) mass is 556 g/mol. The number of ether oxygens (including phenoxy) is 2. The van der Waals surface area contributed by atoms with Gasteiger partial charge in [-0.15, -0.1) is 4.98 Å². The Morgan fingerprint density at radius 3 is 1.45 bits per heavy atom. The van der Waals surface area contributed by atoms with Crippen LogP contribution in [0.1, 0.15) is 118 Å². The molecule has 1 rings (SSSR count). The average molecular weight is 557 g/mol. The summed E-state index contributed by atoms with van der Waals surface area (Å²) in [5.74, 6) is 0.465. The summed E-state index contributed by atoms with van der Waals surface area (Å²) in [6.45, 7) is 14.0. The maximum absolute atomic E-state index is 5.96. The molecule has 1 heterocycles. The van der Waals surface area contributed by atoms with E-state index in [1.165, 1.54) is 51.4 Å². The van der Waals surface area contributed by atoms with E-state index >= 15 is 0 Å². The summed E-state index contributed by atoms with van der Waals surface area (Å²) in [6, 6.07) is 1.36. The van der Waals surface area contributed by atoms with E-state index in [1.54, 1.807) is 0 Å². The van der Waals surface area contributed by atoms with E-state index in [1.807, 2.05) is 20.8 Å². The van der Waals surface area contributed by atoms with E-state index in [0.29, 0.717) is 57.5 Å². The molecule has 222 valence electrons. The number of hydrogen-bond acceptors (Lipinski definition) is 9. The number of nitrogens with one attached hydrogen (secondary N) is 1. The second kappa shape index (κ2) is 23.4. The zero-order valence-electron chi connectivity index (χ0n) is 25.0. The first kappa shape index (κ1) is 34.5.